The second kappa shape index (κ2) is 5.21. The molecule has 3 nitrogen and oxygen atoms in total. The normalized spacial score (nSPS) is 10.6. The van der Waals surface area contributed by atoms with E-state index < -0.39 is 0 Å². The van der Waals surface area contributed by atoms with Gasteiger partial charge in [0.15, 0.2) is 5.78 Å². The van der Waals surface area contributed by atoms with Gasteiger partial charge in [0.1, 0.15) is 11.5 Å². The predicted molar refractivity (Wildman–Crippen MR) is 67.8 cm³/mol. The van der Waals surface area contributed by atoms with Gasteiger partial charge in [0, 0.05) is 12.0 Å². The highest BCUT2D eigenvalue weighted by Gasteiger charge is 2.20. The van der Waals surface area contributed by atoms with Crippen molar-refractivity contribution in [3.63, 3.8) is 0 Å². The molecule has 0 atom stereocenters. The summed E-state index contributed by atoms with van der Waals surface area (Å²) in [6, 6.07) is 0. The molecule has 0 spiro atoms. The molecule has 0 aliphatic heterocycles. The van der Waals surface area contributed by atoms with Crippen molar-refractivity contribution in [1.82, 2.24) is 0 Å². The monoisotopic (exact) mass is 236 g/mol. The molecule has 0 radical (unpaired) electrons. The lowest BCUT2D eigenvalue weighted by Gasteiger charge is -2.15. The molecule has 0 saturated carbocycles. The van der Waals surface area contributed by atoms with Gasteiger partial charge in [-0.3, -0.25) is 4.79 Å². The Morgan fingerprint density at radius 2 is 1.59 bits per heavy atom. The second-order valence-corrected chi connectivity index (χ2v) is 4.47. The van der Waals surface area contributed by atoms with Gasteiger partial charge < -0.3 is 10.2 Å². The van der Waals surface area contributed by atoms with Crippen LogP contribution in [0.25, 0.3) is 0 Å². The van der Waals surface area contributed by atoms with Gasteiger partial charge in [-0.15, -0.1) is 0 Å². The van der Waals surface area contributed by atoms with Crippen molar-refractivity contribution in [2.24, 2.45) is 0 Å². The fourth-order valence-electron chi connectivity index (χ4n) is 1.93. The molecule has 0 aromatic heterocycles. The van der Waals surface area contributed by atoms with E-state index in [-0.39, 0.29) is 17.3 Å². The highest BCUT2D eigenvalue weighted by Crippen LogP contribution is 2.37. The van der Waals surface area contributed by atoms with Crippen LogP contribution in [0, 0.1) is 20.8 Å². The van der Waals surface area contributed by atoms with Crippen LogP contribution < -0.4 is 0 Å². The van der Waals surface area contributed by atoms with Crippen molar-refractivity contribution in [2.75, 3.05) is 0 Å². The first-order chi connectivity index (χ1) is 7.91. The zero-order valence-corrected chi connectivity index (χ0v) is 10.9. The molecule has 0 aliphatic carbocycles. The maximum Gasteiger partial charge on any atom is 0.166 e. The highest BCUT2D eigenvalue weighted by molar-refractivity contribution is 6.01. The first kappa shape index (κ1) is 13.6. The first-order valence-electron chi connectivity index (χ1n) is 5.96. The Bertz CT molecular complexity index is 418. The predicted octanol–water partition coefficient (Wildman–Crippen LogP) is 3.40. The van der Waals surface area contributed by atoms with Gasteiger partial charge in [-0.2, -0.15) is 0 Å². The van der Waals surface area contributed by atoms with E-state index in [9.17, 15) is 15.0 Å². The van der Waals surface area contributed by atoms with Crippen LogP contribution in [0.5, 0.6) is 11.5 Å². The summed E-state index contributed by atoms with van der Waals surface area (Å²) in [4.78, 5) is 12.0. The molecular weight excluding hydrogens is 216 g/mol. The third-order valence-corrected chi connectivity index (χ3v) is 3.28. The summed E-state index contributed by atoms with van der Waals surface area (Å²) in [6.45, 7) is 7.15. The van der Waals surface area contributed by atoms with Crippen LogP contribution in [0.2, 0.25) is 0 Å². The van der Waals surface area contributed by atoms with Gasteiger partial charge in [0.05, 0.1) is 5.56 Å². The number of Topliss-reactive ketones (excluding diaryl/α,β-unsaturated/α-hetero) is 1. The van der Waals surface area contributed by atoms with Gasteiger partial charge in [-0.1, -0.05) is 13.3 Å². The summed E-state index contributed by atoms with van der Waals surface area (Å²) in [7, 11) is 0. The van der Waals surface area contributed by atoms with Crippen LogP contribution in [0.4, 0.5) is 0 Å². The number of hydrogen-bond acceptors (Lipinski definition) is 3. The molecule has 1 aromatic carbocycles. The molecule has 0 bridgehead atoms. The number of hydrogen-bond donors (Lipinski definition) is 2. The summed E-state index contributed by atoms with van der Waals surface area (Å²) in [5.74, 6) is -0.0493. The van der Waals surface area contributed by atoms with Crippen molar-refractivity contribution in [3.05, 3.63) is 22.3 Å². The number of rotatable bonds is 4. The molecule has 0 saturated heterocycles. The Morgan fingerprint density at radius 3 is 2.12 bits per heavy atom. The molecule has 0 aliphatic rings. The van der Waals surface area contributed by atoms with Gasteiger partial charge in [-0.25, -0.2) is 0 Å². The number of phenols is 2. The minimum atomic E-state index is -0.0771. The van der Waals surface area contributed by atoms with Crippen molar-refractivity contribution in [1.29, 1.82) is 0 Å². The van der Waals surface area contributed by atoms with Crippen molar-refractivity contribution >= 4 is 5.78 Å². The third kappa shape index (κ3) is 2.43. The molecule has 0 fully saturated rings. The average Bonchev–Trinajstić information content (AvgIpc) is 2.31. The summed E-state index contributed by atoms with van der Waals surface area (Å²) in [6.07, 6.45) is 2.20. The molecule has 0 unspecified atom stereocenters. The second-order valence-electron chi connectivity index (χ2n) is 4.47. The Labute approximate surface area is 102 Å². The summed E-state index contributed by atoms with van der Waals surface area (Å²) in [5.41, 5.74) is 2.09. The van der Waals surface area contributed by atoms with E-state index in [0.717, 1.165) is 12.8 Å². The lowest BCUT2D eigenvalue weighted by atomic mass is 9.93. The number of unbranched alkanes of at least 4 members (excludes halogenated alkanes) is 1. The van der Waals surface area contributed by atoms with Crippen LogP contribution in [-0.2, 0) is 0 Å². The van der Waals surface area contributed by atoms with Crippen LogP contribution in [0.3, 0.4) is 0 Å². The number of ketones is 1. The van der Waals surface area contributed by atoms with Crippen LogP contribution in [0.1, 0.15) is 53.2 Å². The van der Waals surface area contributed by atoms with Crippen LogP contribution in [0.15, 0.2) is 0 Å². The number of carbonyl (C=O) groups excluding carboxylic acids is 1. The smallest absolute Gasteiger partial charge is 0.166 e. The maximum atomic E-state index is 12.0. The van der Waals surface area contributed by atoms with Gasteiger partial charge in [0.2, 0.25) is 0 Å². The van der Waals surface area contributed by atoms with E-state index in [1.54, 1.807) is 20.8 Å². The quantitative estimate of drug-likeness (QED) is 0.788. The highest BCUT2D eigenvalue weighted by atomic mass is 16.3. The Kier molecular flexibility index (Phi) is 4.16. The van der Waals surface area contributed by atoms with Gasteiger partial charge >= 0.3 is 0 Å². The van der Waals surface area contributed by atoms with Crippen molar-refractivity contribution in [3.8, 4) is 11.5 Å². The van der Waals surface area contributed by atoms with Gasteiger partial charge in [0.25, 0.3) is 0 Å². The molecular formula is C14H20O3. The number of aromatic hydroxyl groups is 2. The minimum absolute atomic E-state index is 0.0481. The van der Waals surface area contributed by atoms with Crippen molar-refractivity contribution < 1.29 is 15.0 Å². The van der Waals surface area contributed by atoms with Crippen LogP contribution in [-0.4, -0.2) is 16.0 Å². The van der Waals surface area contributed by atoms with E-state index in [4.69, 9.17) is 0 Å². The third-order valence-electron chi connectivity index (χ3n) is 3.28. The van der Waals surface area contributed by atoms with E-state index in [1.807, 2.05) is 6.92 Å². The topological polar surface area (TPSA) is 57.5 Å². The molecule has 1 aromatic rings. The van der Waals surface area contributed by atoms with E-state index in [1.165, 1.54) is 0 Å². The standard InChI is InChI=1S/C14H20O3/c1-5-6-7-11(15)12-8(2)9(3)13(16)10(4)14(12)17/h16-17H,5-7H2,1-4H3. The molecule has 0 heterocycles. The molecule has 17 heavy (non-hydrogen) atoms. The Hall–Kier alpha value is -1.51. The van der Waals surface area contributed by atoms with Crippen LogP contribution >= 0.6 is 0 Å². The lowest BCUT2D eigenvalue weighted by molar-refractivity contribution is 0.0976. The molecule has 94 valence electrons. The average molecular weight is 236 g/mol. The summed E-state index contributed by atoms with van der Waals surface area (Å²) >= 11 is 0. The molecule has 2 N–H and O–H groups in total. The Morgan fingerprint density at radius 1 is 1.00 bits per heavy atom. The summed E-state index contributed by atoms with van der Waals surface area (Å²) in [5, 5.41) is 19.8. The molecule has 3 heteroatoms. The number of benzene rings is 1. The number of phenolic OH excluding ortho intramolecular Hbond substituents is 2. The van der Waals surface area contributed by atoms with E-state index in [0.29, 0.717) is 28.7 Å². The molecule has 0 amide bonds. The fraction of sp³-hybridized carbons (Fsp3) is 0.500. The number of carbonyl (C=O) groups is 1. The van der Waals surface area contributed by atoms with Crippen molar-refractivity contribution in [2.45, 2.75) is 47.0 Å². The largest absolute Gasteiger partial charge is 0.507 e. The lowest BCUT2D eigenvalue weighted by Crippen LogP contribution is -2.05. The SMILES string of the molecule is CCCCC(=O)c1c(C)c(C)c(O)c(C)c1O. The minimum Gasteiger partial charge on any atom is -0.507 e. The maximum absolute atomic E-state index is 12.0. The fourth-order valence-corrected chi connectivity index (χ4v) is 1.93. The first-order valence-corrected chi connectivity index (χ1v) is 5.96. The Balaban J connectivity index is 3.29. The van der Waals surface area contributed by atoms with E-state index in [2.05, 4.69) is 0 Å². The van der Waals surface area contributed by atoms with Gasteiger partial charge in [-0.05, 0) is 38.3 Å². The molecule has 1 rings (SSSR count). The zero-order chi connectivity index (χ0) is 13.2. The van der Waals surface area contributed by atoms with E-state index >= 15 is 0 Å². The summed E-state index contributed by atoms with van der Waals surface area (Å²) < 4.78 is 0. The zero-order valence-electron chi connectivity index (χ0n) is 10.9.